The number of amides is 1. The minimum absolute atomic E-state index is 0.0299. The summed E-state index contributed by atoms with van der Waals surface area (Å²) in [5.74, 6) is 1.17. The summed E-state index contributed by atoms with van der Waals surface area (Å²) < 4.78 is 5.81. The van der Waals surface area contributed by atoms with E-state index in [2.05, 4.69) is 11.4 Å². The molecule has 4 nitrogen and oxygen atoms in total. The third kappa shape index (κ3) is 3.80. The van der Waals surface area contributed by atoms with Crippen LogP contribution in [0.25, 0.3) is 0 Å². The van der Waals surface area contributed by atoms with Gasteiger partial charge in [-0.15, -0.1) is 0 Å². The molecule has 122 valence electrons. The third-order valence-electron chi connectivity index (χ3n) is 3.99. The fourth-order valence-electron chi connectivity index (χ4n) is 2.93. The fourth-order valence-corrected chi connectivity index (χ4v) is 2.93. The first-order chi connectivity index (χ1) is 10.4. The summed E-state index contributed by atoms with van der Waals surface area (Å²) in [7, 11) is 0. The summed E-state index contributed by atoms with van der Waals surface area (Å²) >= 11 is 0. The summed E-state index contributed by atoms with van der Waals surface area (Å²) in [6, 6.07) is 4.00. The molecule has 0 aliphatic carbocycles. The van der Waals surface area contributed by atoms with Gasteiger partial charge in [0.25, 0.3) is 0 Å². The highest BCUT2D eigenvalue weighted by Crippen LogP contribution is 2.39. The third-order valence-corrected chi connectivity index (χ3v) is 3.99. The topological polar surface area (TPSA) is 58.6 Å². The first kappa shape index (κ1) is 16.8. The van der Waals surface area contributed by atoms with E-state index in [0.717, 1.165) is 28.9 Å². The molecule has 1 aromatic carbocycles. The number of aliphatic hydroxyl groups is 1. The van der Waals surface area contributed by atoms with E-state index in [1.54, 1.807) is 0 Å². The Hall–Kier alpha value is -1.55. The molecule has 0 spiro atoms. The second-order valence-corrected chi connectivity index (χ2v) is 6.55. The van der Waals surface area contributed by atoms with E-state index in [9.17, 15) is 9.90 Å². The van der Waals surface area contributed by atoms with Crippen LogP contribution in [0, 0.1) is 12.8 Å². The van der Waals surface area contributed by atoms with Crippen molar-refractivity contribution in [1.29, 1.82) is 0 Å². The zero-order valence-electron chi connectivity index (χ0n) is 14.0. The minimum atomic E-state index is -0.529. The summed E-state index contributed by atoms with van der Waals surface area (Å²) in [4.78, 5) is 12.1. The Bertz CT molecular complexity index is 539. The molecule has 0 radical (unpaired) electrons. The van der Waals surface area contributed by atoms with Crippen molar-refractivity contribution in [3.05, 3.63) is 28.8 Å². The molecule has 4 heteroatoms. The van der Waals surface area contributed by atoms with Gasteiger partial charge in [0.1, 0.15) is 5.75 Å². The summed E-state index contributed by atoms with van der Waals surface area (Å²) in [6.45, 7) is 8.60. The van der Waals surface area contributed by atoms with Crippen molar-refractivity contribution in [2.24, 2.45) is 5.92 Å². The molecule has 2 rings (SSSR count). The highest BCUT2D eigenvalue weighted by molar-refractivity contribution is 5.76. The van der Waals surface area contributed by atoms with Gasteiger partial charge in [0, 0.05) is 24.0 Å². The predicted octanol–water partition coefficient (Wildman–Crippen LogP) is 3.42. The quantitative estimate of drug-likeness (QED) is 0.876. The Labute approximate surface area is 132 Å². The van der Waals surface area contributed by atoms with Gasteiger partial charge in [-0.1, -0.05) is 32.4 Å². The van der Waals surface area contributed by atoms with Crippen LogP contribution in [0.15, 0.2) is 12.1 Å². The molecule has 0 bridgehead atoms. The number of fused-ring (bicyclic) bond motifs is 1. The van der Waals surface area contributed by atoms with Crippen molar-refractivity contribution < 1.29 is 14.6 Å². The number of hydrogen-bond donors (Lipinski definition) is 2. The van der Waals surface area contributed by atoms with E-state index in [1.807, 2.05) is 33.8 Å². The molecular weight excluding hydrogens is 278 g/mol. The molecule has 1 aliphatic heterocycles. The lowest BCUT2D eigenvalue weighted by Gasteiger charge is -2.30. The van der Waals surface area contributed by atoms with Crippen LogP contribution in [0.3, 0.4) is 0 Å². The number of nitrogens with one attached hydrogen (secondary N) is 1. The average molecular weight is 305 g/mol. The smallest absolute Gasteiger partial charge is 0.220 e. The van der Waals surface area contributed by atoms with Gasteiger partial charge >= 0.3 is 0 Å². The maximum atomic E-state index is 12.1. The number of carbonyl (C=O) groups excluding carboxylic acids is 1. The Morgan fingerprint density at radius 1 is 1.45 bits per heavy atom. The number of ether oxygens (including phenoxy) is 1. The van der Waals surface area contributed by atoms with Crippen LogP contribution >= 0.6 is 0 Å². The Kier molecular flexibility index (Phi) is 5.46. The molecule has 2 N–H and O–H groups in total. The van der Waals surface area contributed by atoms with Gasteiger partial charge < -0.3 is 15.2 Å². The molecule has 0 aromatic heterocycles. The second kappa shape index (κ2) is 7.14. The molecule has 0 saturated heterocycles. The van der Waals surface area contributed by atoms with Crippen molar-refractivity contribution in [2.75, 3.05) is 6.61 Å². The molecule has 2 atom stereocenters. The molecule has 1 amide bonds. The summed E-state index contributed by atoms with van der Waals surface area (Å²) in [5, 5.41) is 13.3. The van der Waals surface area contributed by atoms with Gasteiger partial charge in [0.05, 0.1) is 18.8 Å². The van der Waals surface area contributed by atoms with Crippen LogP contribution in [-0.2, 0) is 4.79 Å². The standard InChI is InChI=1S/C18H27NO3/c1-5-16(20)14-10-12(4)9-13-15(6-7-22-18(13)14)19-17(21)8-11(2)3/h9-11,15-16,20H,5-8H2,1-4H3,(H,19,21). The Morgan fingerprint density at radius 3 is 2.82 bits per heavy atom. The van der Waals surface area contributed by atoms with E-state index in [0.29, 0.717) is 25.4 Å². The van der Waals surface area contributed by atoms with Gasteiger partial charge in [-0.25, -0.2) is 0 Å². The van der Waals surface area contributed by atoms with E-state index in [4.69, 9.17) is 4.74 Å². The van der Waals surface area contributed by atoms with Gasteiger partial charge in [-0.05, 0) is 25.3 Å². The van der Waals surface area contributed by atoms with Crippen molar-refractivity contribution in [2.45, 2.75) is 59.1 Å². The SMILES string of the molecule is CCC(O)c1cc(C)cc2c1OCCC2NC(=O)CC(C)C. The lowest BCUT2D eigenvalue weighted by Crippen LogP contribution is -2.33. The van der Waals surface area contributed by atoms with Crippen LogP contribution in [0.4, 0.5) is 0 Å². The van der Waals surface area contributed by atoms with Crippen LogP contribution in [0.2, 0.25) is 0 Å². The summed E-state index contributed by atoms with van der Waals surface area (Å²) in [5.41, 5.74) is 2.90. The lowest BCUT2D eigenvalue weighted by atomic mass is 9.92. The van der Waals surface area contributed by atoms with Gasteiger partial charge in [-0.2, -0.15) is 0 Å². The average Bonchev–Trinajstić information content (AvgIpc) is 2.45. The molecular formula is C18H27NO3. The minimum Gasteiger partial charge on any atom is -0.493 e. The predicted molar refractivity (Wildman–Crippen MR) is 86.9 cm³/mol. The Balaban J connectivity index is 2.30. The van der Waals surface area contributed by atoms with E-state index in [1.165, 1.54) is 0 Å². The van der Waals surface area contributed by atoms with Crippen LogP contribution in [-0.4, -0.2) is 17.6 Å². The molecule has 0 fully saturated rings. The maximum Gasteiger partial charge on any atom is 0.220 e. The van der Waals surface area contributed by atoms with Crippen LogP contribution in [0.1, 0.15) is 68.9 Å². The number of aryl methyl sites for hydroxylation is 1. The normalized spacial score (nSPS) is 18.5. The van der Waals surface area contributed by atoms with Crippen molar-refractivity contribution in [3.8, 4) is 5.75 Å². The fraction of sp³-hybridized carbons (Fsp3) is 0.611. The zero-order valence-corrected chi connectivity index (χ0v) is 14.0. The number of rotatable bonds is 5. The van der Waals surface area contributed by atoms with Crippen LogP contribution < -0.4 is 10.1 Å². The zero-order chi connectivity index (χ0) is 16.3. The van der Waals surface area contributed by atoms with Gasteiger partial charge in [0.2, 0.25) is 5.91 Å². The molecule has 2 unspecified atom stereocenters. The first-order valence-corrected chi connectivity index (χ1v) is 8.17. The monoisotopic (exact) mass is 305 g/mol. The Morgan fingerprint density at radius 2 is 2.18 bits per heavy atom. The maximum absolute atomic E-state index is 12.1. The van der Waals surface area contributed by atoms with E-state index >= 15 is 0 Å². The van der Waals surface area contributed by atoms with Gasteiger partial charge in [-0.3, -0.25) is 4.79 Å². The molecule has 1 heterocycles. The molecule has 22 heavy (non-hydrogen) atoms. The largest absolute Gasteiger partial charge is 0.493 e. The van der Waals surface area contributed by atoms with Crippen molar-refractivity contribution in [3.63, 3.8) is 0 Å². The molecule has 1 aromatic rings. The van der Waals surface area contributed by atoms with E-state index < -0.39 is 6.10 Å². The number of benzene rings is 1. The number of aliphatic hydroxyl groups excluding tert-OH is 1. The van der Waals surface area contributed by atoms with E-state index in [-0.39, 0.29) is 11.9 Å². The summed E-state index contributed by atoms with van der Waals surface area (Å²) in [6.07, 6.45) is 1.41. The van der Waals surface area contributed by atoms with Gasteiger partial charge in [0.15, 0.2) is 0 Å². The molecule has 0 saturated carbocycles. The van der Waals surface area contributed by atoms with Crippen LogP contribution in [0.5, 0.6) is 5.75 Å². The lowest BCUT2D eigenvalue weighted by molar-refractivity contribution is -0.122. The second-order valence-electron chi connectivity index (χ2n) is 6.55. The highest BCUT2D eigenvalue weighted by Gasteiger charge is 2.27. The number of hydrogen-bond acceptors (Lipinski definition) is 3. The molecule has 1 aliphatic rings. The van der Waals surface area contributed by atoms with Crippen molar-refractivity contribution >= 4 is 5.91 Å². The van der Waals surface area contributed by atoms with Crippen molar-refractivity contribution in [1.82, 2.24) is 5.32 Å². The first-order valence-electron chi connectivity index (χ1n) is 8.17. The highest BCUT2D eigenvalue weighted by atomic mass is 16.5. The number of carbonyl (C=O) groups is 1.